The van der Waals surface area contributed by atoms with E-state index in [4.69, 9.17) is 4.74 Å². The Balaban J connectivity index is 1.81. The van der Waals surface area contributed by atoms with E-state index >= 15 is 0 Å². The molecule has 1 aromatic heterocycles. The number of β-amino-alcohol motifs (C(OH)–C–C–N with tert-alkyl or cyclic N) is 1. The summed E-state index contributed by atoms with van der Waals surface area (Å²) in [6.45, 7) is 9.74. The van der Waals surface area contributed by atoms with Crippen LogP contribution >= 0.6 is 0 Å². The molecule has 6 nitrogen and oxygen atoms in total. The Kier molecular flexibility index (Phi) is 5.75. The van der Waals surface area contributed by atoms with Crippen LogP contribution < -0.4 is 0 Å². The van der Waals surface area contributed by atoms with Crippen LogP contribution in [0.1, 0.15) is 17.0 Å². The fraction of sp³-hybridized carbons (Fsp3) is 0.800. The summed E-state index contributed by atoms with van der Waals surface area (Å²) in [5.74, 6) is 0. The summed E-state index contributed by atoms with van der Waals surface area (Å²) in [5.41, 5.74) is 3.53. The summed E-state index contributed by atoms with van der Waals surface area (Å²) in [7, 11) is 4.02. The van der Waals surface area contributed by atoms with Crippen molar-refractivity contribution in [2.75, 3.05) is 46.4 Å². The van der Waals surface area contributed by atoms with Gasteiger partial charge < -0.3 is 9.84 Å². The van der Waals surface area contributed by atoms with Crippen LogP contribution in [0.5, 0.6) is 0 Å². The second-order valence-electron chi connectivity index (χ2n) is 6.04. The number of ether oxygens (including phenoxy) is 1. The molecule has 21 heavy (non-hydrogen) atoms. The lowest BCUT2D eigenvalue weighted by molar-refractivity contribution is 0.00823. The number of morpholine rings is 1. The van der Waals surface area contributed by atoms with Crippen molar-refractivity contribution in [3.63, 3.8) is 0 Å². The van der Waals surface area contributed by atoms with Gasteiger partial charge in [-0.2, -0.15) is 5.10 Å². The molecule has 1 N–H and O–H groups in total. The van der Waals surface area contributed by atoms with Gasteiger partial charge in [0.2, 0.25) is 0 Å². The Morgan fingerprint density at radius 1 is 1.33 bits per heavy atom. The van der Waals surface area contributed by atoms with Crippen LogP contribution in [-0.4, -0.2) is 77.2 Å². The molecule has 1 unspecified atom stereocenters. The second kappa shape index (κ2) is 7.35. The minimum absolute atomic E-state index is 0.328. The Morgan fingerprint density at radius 3 is 2.57 bits per heavy atom. The highest BCUT2D eigenvalue weighted by Gasteiger charge is 2.17. The van der Waals surface area contributed by atoms with Gasteiger partial charge in [0.15, 0.2) is 0 Å². The van der Waals surface area contributed by atoms with Gasteiger partial charge in [-0.15, -0.1) is 0 Å². The van der Waals surface area contributed by atoms with Crippen molar-refractivity contribution in [1.82, 2.24) is 19.6 Å². The van der Waals surface area contributed by atoms with Crippen LogP contribution in [-0.2, 0) is 18.3 Å². The van der Waals surface area contributed by atoms with Crippen molar-refractivity contribution in [2.24, 2.45) is 7.05 Å². The third-order valence-corrected chi connectivity index (χ3v) is 4.18. The maximum atomic E-state index is 10.2. The molecule has 2 rings (SSSR count). The van der Waals surface area contributed by atoms with E-state index in [1.807, 2.05) is 18.7 Å². The van der Waals surface area contributed by atoms with E-state index in [1.54, 1.807) is 0 Å². The number of aryl methyl sites for hydroxylation is 2. The molecule has 0 amide bonds. The van der Waals surface area contributed by atoms with Gasteiger partial charge >= 0.3 is 0 Å². The van der Waals surface area contributed by atoms with E-state index in [0.717, 1.165) is 45.1 Å². The van der Waals surface area contributed by atoms with Crippen molar-refractivity contribution >= 4 is 0 Å². The predicted octanol–water partition coefficient (Wildman–Crippen LogP) is 0.162. The molecule has 1 saturated heterocycles. The van der Waals surface area contributed by atoms with Crippen LogP contribution in [0.3, 0.4) is 0 Å². The largest absolute Gasteiger partial charge is 0.390 e. The molecular weight excluding hydrogens is 268 g/mol. The van der Waals surface area contributed by atoms with Gasteiger partial charge in [0, 0.05) is 51.0 Å². The Hall–Kier alpha value is -0.950. The quantitative estimate of drug-likeness (QED) is 0.810. The Bertz CT molecular complexity index is 455. The summed E-state index contributed by atoms with van der Waals surface area (Å²) in [4.78, 5) is 4.44. The highest BCUT2D eigenvalue weighted by atomic mass is 16.5. The van der Waals surface area contributed by atoms with Crippen LogP contribution in [0.4, 0.5) is 0 Å². The monoisotopic (exact) mass is 296 g/mol. The summed E-state index contributed by atoms with van der Waals surface area (Å²) < 4.78 is 7.25. The summed E-state index contributed by atoms with van der Waals surface area (Å²) in [5, 5.41) is 14.7. The van der Waals surface area contributed by atoms with Gasteiger partial charge in [-0.25, -0.2) is 0 Å². The summed E-state index contributed by atoms with van der Waals surface area (Å²) >= 11 is 0. The zero-order valence-corrected chi connectivity index (χ0v) is 13.7. The molecule has 1 aliphatic rings. The molecule has 2 heterocycles. The highest BCUT2D eigenvalue weighted by molar-refractivity contribution is 5.24. The van der Waals surface area contributed by atoms with Crippen molar-refractivity contribution in [2.45, 2.75) is 26.5 Å². The Labute approximate surface area is 127 Å². The zero-order chi connectivity index (χ0) is 15.4. The maximum Gasteiger partial charge on any atom is 0.0793 e. The maximum absolute atomic E-state index is 10.2. The van der Waals surface area contributed by atoms with Crippen LogP contribution in [0.2, 0.25) is 0 Å². The highest BCUT2D eigenvalue weighted by Crippen LogP contribution is 2.14. The third-order valence-electron chi connectivity index (χ3n) is 4.18. The molecule has 0 aromatic carbocycles. The molecular formula is C15H28N4O2. The molecule has 0 aliphatic carbocycles. The minimum Gasteiger partial charge on any atom is -0.390 e. The van der Waals surface area contributed by atoms with Crippen LogP contribution in [0.25, 0.3) is 0 Å². The molecule has 1 atom stereocenters. The summed E-state index contributed by atoms with van der Waals surface area (Å²) in [6, 6.07) is 0. The second-order valence-corrected chi connectivity index (χ2v) is 6.04. The fourth-order valence-electron chi connectivity index (χ4n) is 2.88. The van der Waals surface area contributed by atoms with Crippen molar-refractivity contribution in [1.29, 1.82) is 0 Å². The minimum atomic E-state index is -0.328. The number of aliphatic hydroxyl groups is 1. The van der Waals surface area contributed by atoms with E-state index in [2.05, 4.69) is 28.9 Å². The lowest BCUT2D eigenvalue weighted by atomic mass is 10.2. The first kappa shape index (κ1) is 16.4. The fourth-order valence-corrected chi connectivity index (χ4v) is 2.88. The molecule has 0 bridgehead atoms. The Morgan fingerprint density at radius 2 is 2.00 bits per heavy atom. The van der Waals surface area contributed by atoms with Crippen molar-refractivity contribution in [3.05, 3.63) is 17.0 Å². The first-order chi connectivity index (χ1) is 9.97. The number of nitrogens with zero attached hydrogens (tertiary/aromatic N) is 4. The molecule has 1 aliphatic heterocycles. The molecule has 6 heteroatoms. The van der Waals surface area contributed by atoms with E-state index in [-0.39, 0.29) is 6.10 Å². The van der Waals surface area contributed by atoms with Crippen LogP contribution in [0, 0.1) is 13.8 Å². The normalized spacial score (nSPS) is 18.4. The first-order valence-electron chi connectivity index (χ1n) is 7.63. The van der Waals surface area contributed by atoms with Gasteiger partial charge in [-0.05, 0) is 20.9 Å². The third kappa shape index (κ3) is 4.51. The topological polar surface area (TPSA) is 53.8 Å². The van der Waals surface area contributed by atoms with Crippen LogP contribution in [0.15, 0.2) is 0 Å². The average Bonchev–Trinajstić information content (AvgIpc) is 2.66. The molecule has 0 radical (unpaired) electrons. The van der Waals surface area contributed by atoms with Gasteiger partial charge in [-0.1, -0.05) is 0 Å². The number of rotatable bonds is 6. The lowest BCUT2D eigenvalue weighted by Crippen LogP contribution is -2.44. The van der Waals surface area contributed by atoms with E-state index in [1.165, 1.54) is 11.3 Å². The molecule has 1 aromatic rings. The van der Waals surface area contributed by atoms with Gasteiger partial charge in [0.1, 0.15) is 0 Å². The zero-order valence-electron chi connectivity index (χ0n) is 13.7. The number of likely N-dealkylation sites (N-methyl/N-ethyl adjacent to an activating group) is 1. The SMILES string of the molecule is Cc1nn(C)c(C)c1CN(C)CC(O)CN1CCOCC1. The van der Waals surface area contributed by atoms with E-state index in [9.17, 15) is 5.11 Å². The average molecular weight is 296 g/mol. The first-order valence-corrected chi connectivity index (χ1v) is 7.63. The van der Waals surface area contributed by atoms with Gasteiger partial charge in [-0.3, -0.25) is 14.5 Å². The lowest BCUT2D eigenvalue weighted by Gasteiger charge is -2.30. The number of hydrogen-bond donors (Lipinski definition) is 1. The number of aromatic nitrogens is 2. The number of aliphatic hydroxyl groups excluding tert-OH is 1. The molecule has 120 valence electrons. The molecule has 0 spiro atoms. The van der Waals surface area contributed by atoms with Crippen molar-refractivity contribution in [3.8, 4) is 0 Å². The van der Waals surface area contributed by atoms with E-state index in [0.29, 0.717) is 6.54 Å². The number of hydrogen-bond acceptors (Lipinski definition) is 5. The van der Waals surface area contributed by atoms with Gasteiger partial charge in [0.05, 0.1) is 25.0 Å². The molecule has 1 fully saturated rings. The predicted molar refractivity (Wildman–Crippen MR) is 82.3 cm³/mol. The van der Waals surface area contributed by atoms with Gasteiger partial charge in [0.25, 0.3) is 0 Å². The smallest absolute Gasteiger partial charge is 0.0793 e. The van der Waals surface area contributed by atoms with Crippen molar-refractivity contribution < 1.29 is 9.84 Å². The summed E-state index contributed by atoms with van der Waals surface area (Å²) in [6.07, 6.45) is -0.328. The molecule has 0 saturated carbocycles. The standard InChI is InChI=1S/C15H28N4O2/c1-12-15(13(2)18(4)16-12)11-17(3)9-14(20)10-19-5-7-21-8-6-19/h14,20H,5-11H2,1-4H3. The van der Waals surface area contributed by atoms with E-state index < -0.39 is 0 Å².